The van der Waals surface area contributed by atoms with E-state index in [-0.39, 0.29) is 79.1 Å². The van der Waals surface area contributed by atoms with E-state index in [0.29, 0.717) is 49.0 Å². The van der Waals surface area contributed by atoms with Crippen molar-refractivity contribution >= 4 is 52.1 Å². The molecule has 7 rings (SSSR count). The van der Waals surface area contributed by atoms with E-state index in [9.17, 15) is 9.59 Å². The number of nitrogens with zero attached hydrogens (tertiary/aromatic N) is 2. The molecule has 1 aromatic rings. The minimum Gasteiger partial charge on any atom is -0.465 e. The third-order valence-electron chi connectivity index (χ3n) is 17.4. The lowest BCUT2D eigenvalue weighted by molar-refractivity contribution is -0.697. The summed E-state index contributed by atoms with van der Waals surface area (Å²) in [4.78, 5) is 26.4. The topological polar surface area (TPSA) is 59.5 Å². The zero-order valence-corrected chi connectivity index (χ0v) is 39.0. The third kappa shape index (κ3) is 8.20. The van der Waals surface area contributed by atoms with E-state index in [1.807, 2.05) is 18.2 Å². The fraction of sp³-hybridized carbons (Fsp3) is 0.750. The van der Waals surface area contributed by atoms with Gasteiger partial charge >= 0.3 is 11.9 Å². The van der Waals surface area contributed by atoms with Gasteiger partial charge in [-0.15, -0.1) is 34.0 Å². The zero-order valence-electron chi connectivity index (χ0n) is 35.6. The minimum atomic E-state index is -0.0466. The molecule has 0 spiro atoms. The van der Waals surface area contributed by atoms with Gasteiger partial charge in [0.05, 0.1) is 19.4 Å². The van der Waals surface area contributed by atoms with Gasteiger partial charge in [0, 0.05) is 42.2 Å². The van der Waals surface area contributed by atoms with Gasteiger partial charge in [-0.05, 0) is 123 Å². The van der Waals surface area contributed by atoms with Crippen molar-refractivity contribution in [3.05, 3.63) is 54.9 Å². The molecule has 6 nitrogen and oxygen atoms in total. The van der Waals surface area contributed by atoms with Crippen molar-refractivity contribution in [3.8, 4) is 0 Å². The number of pyridine rings is 1. The summed E-state index contributed by atoms with van der Waals surface area (Å²) in [5.41, 5.74) is 2.07. The Morgan fingerprint density at radius 2 is 1.52 bits per heavy atom. The van der Waals surface area contributed by atoms with E-state index < -0.39 is 0 Å². The number of allylic oxidation sites excluding steroid dienone is 2. The predicted molar refractivity (Wildman–Crippen MR) is 235 cm³/mol. The lowest BCUT2D eigenvalue weighted by Crippen LogP contribution is -2.67. The fourth-order valence-electron chi connectivity index (χ4n) is 14.4. The largest absolute Gasteiger partial charge is 0.465 e. The van der Waals surface area contributed by atoms with Crippen LogP contribution in [0, 0.1) is 56.7 Å². The standard InChI is InChI=1S/C48H72N2O4.2BrH/c1-35(2)36-20-25-48(34-53-41(51)16-14-32-49-28-10-8-11-29-49)27-26-46(6)37(43(36)48)18-19-39-45(5)23-22-40(44(3,4)38(45)21-24-47(39,46)7)54-42(52)17-15-33-50-30-12-9-13-31-50;;/h8-12,28-30,36-40,43H,1,13-27,31-34H2,2-7H3;2*1H/q+2;;/t36-,37?,38?,39?,40-,43?,45-,46+,47+,48+;;/m0../s1. The summed E-state index contributed by atoms with van der Waals surface area (Å²) in [7, 11) is 0. The fourth-order valence-corrected chi connectivity index (χ4v) is 14.4. The lowest BCUT2D eigenvalue weighted by atomic mass is 9.32. The van der Waals surface area contributed by atoms with Crippen LogP contribution in [0.2, 0.25) is 0 Å². The smallest absolute Gasteiger partial charge is 0.306 e. The van der Waals surface area contributed by atoms with Crippen molar-refractivity contribution in [1.29, 1.82) is 0 Å². The number of carbonyl (C=O) groups is 2. The summed E-state index contributed by atoms with van der Waals surface area (Å²) in [6, 6.07) is 6.10. The van der Waals surface area contributed by atoms with Crippen molar-refractivity contribution in [1.82, 2.24) is 0 Å². The Morgan fingerprint density at radius 3 is 2.23 bits per heavy atom. The van der Waals surface area contributed by atoms with Crippen molar-refractivity contribution in [2.75, 3.05) is 19.7 Å². The lowest BCUT2D eigenvalue weighted by Gasteiger charge is -2.73. The van der Waals surface area contributed by atoms with Crippen LogP contribution in [0.25, 0.3) is 0 Å². The second-order valence-electron chi connectivity index (χ2n) is 20.3. The van der Waals surface area contributed by atoms with Crippen LogP contribution in [0.15, 0.2) is 54.9 Å². The number of ether oxygens (including phenoxy) is 2. The Kier molecular flexibility index (Phi) is 14.4. The molecule has 1 aliphatic heterocycles. The second kappa shape index (κ2) is 17.8. The van der Waals surface area contributed by atoms with Gasteiger partial charge in [-0.2, -0.15) is 0 Å². The van der Waals surface area contributed by atoms with Crippen LogP contribution >= 0.6 is 34.0 Å². The van der Waals surface area contributed by atoms with Crippen LogP contribution in [-0.4, -0.2) is 48.5 Å². The van der Waals surface area contributed by atoms with Gasteiger partial charge < -0.3 is 9.47 Å². The van der Waals surface area contributed by atoms with E-state index in [1.54, 1.807) is 0 Å². The normalized spacial score (nSPS) is 37.9. The van der Waals surface area contributed by atoms with Crippen LogP contribution in [-0.2, 0) is 25.6 Å². The van der Waals surface area contributed by atoms with Gasteiger partial charge in [0.25, 0.3) is 0 Å². The average Bonchev–Trinajstić information content (AvgIpc) is 3.53. The van der Waals surface area contributed by atoms with E-state index in [2.05, 4.69) is 88.0 Å². The number of rotatable bonds is 12. The second-order valence-corrected chi connectivity index (χ2v) is 20.3. The quantitative estimate of drug-likeness (QED) is 0.119. The van der Waals surface area contributed by atoms with Gasteiger partial charge in [0.15, 0.2) is 18.6 Å². The number of halogens is 2. The van der Waals surface area contributed by atoms with Crippen molar-refractivity contribution in [2.45, 2.75) is 151 Å². The van der Waals surface area contributed by atoms with Crippen molar-refractivity contribution < 1.29 is 28.2 Å². The zero-order chi connectivity index (χ0) is 38.4. The molecule has 0 amide bonds. The van der Waals surface area contributed by atoms with Crippen LogP contribution in [0.3, 0.4) is 0 Å². The van der Waals surface area contributed by atoms with Crippen molar-refractivity contribution in [3.63, 3.8) is 0 Å². The van der Waals surface area contributed by atoms with Gasteiger partial charge in [-0.1, -0.05) is 58.9 Å². The van der Waals surface area contributed by atoms with Crippen LogP contribution in [0.1, 0.15) is 138 Å². The van der Waals surface area contributed by atoms with Crippen LogP contribution in [0.4, 0.5) is 0 Å². The number of esters is 2. The molecule has 0 radical (unpaired) electrons. The molecule has 4 unspecified atom stereocenters. The first kappa shape index (κ1) is 45.3. The molecule has 6 aliphatic rings. The SMILES string of the molecule is Br.Br.C=C(C)[C@@H]1CC[C@]2(COC(=O)CCC[n+]3ccccc3)CC[C@]3(C)C(CCC4[C@@]5(C)CC[C@H](OC(=O)CCC[N+]6=CC=CCC6)C(C)(C)C5CC[C@]43C)C12. The van der Waals surface area contributed by atoms with Gasteiger partial charge in [0.1, 0.15) is 25.7 Å². The Hall–Kier alpha value is -1.80. The van der Waals surface area contributed by atoms with E-state index in [4.69, 9.17) is 9.47 Å². The van der Waals surface area contributed by atoms with Crippen LogP contribution < -0.4 is 4.57 Å². The summed E-state index contributed by atoms with van der Waals surface area (Å²) < 4.78 is 17.1. The van der Waals surface area contributed by atoms with Gasteiger partial charge in [0.2, 0.25) is 0 Å². The highest BCUT2D eigenvalue weighted by Gasteiger charge is 2.71. The molecular formula is C48H74Br2N2O4+2. The summed E-state index contributed by atoms with van der Waals surface area (Å²) in [6.45, 7) is 23.1. The molecule has 5 fully saturated rings. The molecule has 56 heavy (non-hydrogen) atoms. The van der Waals surface area contributed by atoms with E-state index >= 15 is 0 Å². The molecule has 0 saturated heterocycles. The predicted octanol–water partition coefficient (Wildman–Crippen LogP) is 10.8. The average molecular weight is 903 g/mol. The summed E-state index contributed by atoms with van der Waals surface area (Å²) in [5.74, 6) is 2.81. The monoisotopic (exact) mass is 900 g/mol. The maximum Gasteiger partial charge on any atom is 0.306 e. The third-order valence-corrected chi connectivity index (χ3v) is 17.4. The molecule has 2 heterocycles. The highest BCUT2D eigenvalue weighted by Crippen LogP contribution is 2.77. The minimum absolute atomic E-state index is 0. The first-order valence-electron chi connectivity index (χ1n) is 21.9. The molecule has 0 bridgehead atoms. The molecule has 1 aromatic heterocycles. The molecule has 10 atom stereocenters. The summed E-state index contributed by atoms with van der Waals surface area (Å²) >= 11 is 0. The molecule has 8 heteroatoms. The molecule has 5 saturated carbocycles. The Labute approximate surface area is 360 Å². The van der Waals surface area contributed by atoms with E-state index in [0.717, 1.165) is 64.6 Å². The van der Waals surface area contributed by atoms with Crippen LogP contribution in [0.5, 0.6) is 0 Å². The molecule has 0 aromatic carbocycles. The Morgan fingerprint density at radius 1 is 0.786 bits per heavy atom. The van der Waals surface area contributed by atoms with Crippen molar-refractivity contribution in [2.24, 2.45) is 56.7 Å². The number of fused-ring (bicyclic) bond motifs is 7. The first-order valence-corrected chi connectivity index (χ1v) is 21.9. The van der Waals surface area contributed by atoms with Gasteiger partial charge in [-0.3, -0.25) is 9.59 Å². The number of aromatic nitrogens is 1. The highest BCUT2D eigenvalue weighted by atomic mass is 79.9. The summed E-state index contributed by atoms with van der Waals surface area (Å²) in [6.07, 6.45) is 26.1. The number of aryl methyl sites for hydroxylation is 1. The molecule has 5 aliphatic carbocycles. The number of hydrogen-bond acceptors (Lipinski definition) is 4. The highest BCUT2D eigenvalue weighted by molar-refractivity contribution is 8.93. The van der Waals surface area contributed by atoms with Gasteiger partial charge in [-0.25, -0.2) is 9.14 Å². The Bertz CT molecular complexity index is 1630. The molecule has 312 valence electrons. The summed E-state index contributed by atoms with van der Waals surface area (Å²) in [5, 5.41) is 0. The van der Waals surface area contributed by atoms with E-state index in [1.165, 1.54) is 44.1 Å². The number of hydrogen-bond donors (Lipinski definition) is 0. The maximum atomic E-state index is 13.2. The molecule has 0 N–H and O–H groups in total. The number of carbonyl (C=O) groups excluding carboxylic acids is 2. The first-order chi connectivity index (χ1) is 25.7. The molecular weight excluding hydrogens is 828 g/mol. The maximum absolute atomic E-state index is 13.2. The Balaban J connectivity index is 0.00000300.